The highest BCUT2D eigenvalue weighted by molar-refractivity contribution is 7.86. The largest absolute Gasteiger partial charge is 0.481 e. The van der Waals surface area contributed by atoms with Gasteiger partial charge < -0.3 is 5.11 Å². The summed E-state index contributed by atoms with van der Waals surface area (Å²) in [6, 6.07) is -0.0924. The molecule has 1 rings (SSSR count). The van der Waals surface area contributed by atoms with Gasteiger partial charge in [-0.15, -0.1) is 0 Å². The van der Waals surface area contributed by atoms with Gasteiger partial charge in [0.2, 0.25) is 0 Å². The first-order chi connectivity index (χ1) is 9.16. The molecule has 0 radical (unpaired) electrons. The van der Waals surface area contributed by atoms with Crippen molar-refractivity contribution in [1.29, 1.82) is 0 Å². The van der Waals surface area contributed by atoms with E-state index in [1.165, 1.54) is 8.61 Å². The molecular weight excluding hydrogens is 280 g/mol. The molecule has 118 valence electrons. The van der Waals surface area contributed by atoms with Gasteiger partial charge in [-0.3, -0.25) is 4.79 Å². The quantitative estimate of drug-likeness (QED) is 0.804. The van der Waals surface area contributed by atoms with Gasteiger partial charge in [-0.25, -0.2) is 0 Å². The fourth-order valence-corrected chi connectivity index (χ4v) is 4.23. The predicted octanol–water partition coefficient (Wildman–Crippen LogP) is 1.39. The topological polar surface area (TPSA) is 77.9 Å². The molecule has 0 saturated carbocycles. The molecule has 0 aliphatic carbocycles. The maximum absolute atomic E-state index is 12.5. The summed E-state index contributed by atoms with van der Waals surface area (Å²) in [5, 5.41) is 9.05. The normalized spacial score (nSPS) is 23.2. The van der Waals surface area contributed by atoms with Crippen LogP contribution < -0.4 is 0 Å². The molecule has 1 heterocycles. The first-order valence-corrected chi connectivity index (χ1v) is 8.51. The summed E-state index contributed by atoms with van der Waals surface area (Å²) in [4.78, 5) is 11.0. The average molecular weight is 306 g/mol. The van der Waals surface area contributed by atoms with Crippen molar-refractivity contribution in [3.63, 3.8) is 0 Å². The van der Waals surface area contributed by atoms with Crippen molar-refractivity contribution in [3.8, 4) is 0 Å². The highest BCUT2D eigenvalue weighted by Gasteiger charge is 2.36. The van der Waals surface area contributed by atoms with Crippen LogP contribution in [0.25, 0.3) is 0 Å². The Morgan fingerprint density at radius 2 is 2.00 bits per heavy atom. The summed E-state index contributed by atoms with van der Waals surface area (Å²) in [5.74, 6) is -1.09. The standard InChI is InChI=1S/C13H26N2O4S/c1-10(2)8-11(3)14(4)20(18,19)15-7-5-6-12(9-15)13(16)17/h10-12H,5-9H2,1-4H3,(H,16,17). The van der Waals surface area contributed by atoms with Crippen LogP contribution in [-0.4, -0.2) is 54.3 Å². The number of carboxylic acid groups (broad SMARTS) is 1. The molecule has 2 unspecified atom stereocenters. The van der Waals surface area contributed by atoms with E-state index in [2.05, 4.69) is 13.8 Å². The van der Waals surface area contributed by atoms with Gasteiger partial charge in [0.05, 0.1) is 5.92 Å². The van der Waals surface area contributed by atoms with Crippen molar-refractivity contribution in [3.05, 3.63) is 0 Å². The van der Waals surface area contributed by atoms with Gasteiger partial charge in [0.25, 0.3) is 10.2 Å². The van der Waals surface area contributed by atoms with Crippen molar-refractivity contribution in [2.75, 3.05) is 20.1 Å². The number of nitrogens with zero attached hydrogens (tertiary/aromatic N) is 2. The minimum absolute atomic E-state index is 0.0798. The van der Waals surface area contributed by atoms with Crippen molar-refractivity contribution < 1.29 is 18.3 Å². The second kappa shape index (κ2) is 6.87. The maximum atomic E-state index is 12.5. The lowest BCUT2D eigenvalue weighted by Crippen LogP contribution is -2.50. The van der Waals surface area contributed by atoms with Crippen LogP contribution in [0.2, 0.25) is 0 Å². The van der Waals surface area contributed by atoms with Gasteiger partial charge in [0.15, 0.2) is 0 Å². The Labute approximate surface area is 121 Å². The monoisotopic (exact) mass is 306 g/mol. The van der Waals surface area contributed by atoms with Crippen LogP contribution in [0.4, 0.5) is 0 Å². The number of hydrogen-bond acceptors (Lipinski definition) is 3. The van der Waals surface area contributed by atoms with Crippen molar-refractivity contribution in [2.45, 2.75) is 46.1 Å². The van der Waals surface area contributed by atoms with Gasteiger partial charge >= 0.3 is 5.97 Å². The zero-order chi connectivity index (χ0) is 15.5. The predicted molar refractivity (Wildman–Crippen MR) is 77.5 cm³/mol. The molecule has 20 heavy (non-hydrogen) atoms. The van der Waals surface area contributed by atoms with Crippen LogP contribution in [-0.2, 0) is 15.0 Å². The molecule has 7 heteroatoms. The molecule has 1 aliphatic rings. The summed E-state index contributed by atoms with van der Waals surface area (Å²) >= 11 is 0. The molecule has 6 nitrogen and oxygen atoms in total. The van der Waals surface area contributed by atoms with Gasteiger partial charge in [0.1, 0.15) is 0 Å². The molecule has 2 atom stereocenters. The molecule has 0 amide bonds. The molecule has 0 bridgehead atoms. The van der Waals surface area contributed by atoms with Crippen molar-refractivity contribution in [1.82, 2.24) is 8.61 Å². The number of piperidine rings is 1. The van der Waals surface area contributed by atoms with Gasteiger partial charge in [-0.05, 0) is 32.1 Å². The first-order valence-electron chi connectivity index (χ1n) is 7.12. The van der Waals surface area contributed by atoms with E-state index in [1.807, 2.05) is 6.92 Å². The molecule has 1 N–H and O–H groups in total. The number of aliphatic carboxylic acids is 1. The minimum Gasteiger partial charge on any atom is -0.481 e. The number of hydrogen-bond donors (Lipinski definition) is 1. The Morgan fingerprint density at radius 1 is 1.40 bits per heavy atom. The third-order valence-electron chi connectivity index (χ3n) is 3.86. The second-order valence-corrected chi connectivity index (χ2v) is 8.03. The summed E-state index contributed by atoms with van der Waals surface area (Å²) in [6.07, 6.45) is 1.93. The lowest BCUT2D eigenvalue weighted by Gasteiger charge is -2.35. The molecule has 0 aromatic heterocycles. The number of rotatable bonds is 6. The van der Waals surface area contributed by atoms with Crippen LogP contribution in [0.1, 0.15) is 40.0 Å². The highest BCUT2D eigenvalue weighted by atomic mass is 32.2. The maximum Gasteiger partial charge on any atom is 0.307 e. The Hall–Kier alpha value is -0.660. The highest BCUT2D eigenvalue weighted by Crippen LogP contribution is 2.23. The Balaban J connectivity index is 2.79. The second-order valence-electron chi connectivity index (χ2n) is 6.04. The summed E-state index contributed by atoms with van der Waals surface area (Å²) < 4.78 is 27.8. The van der Waals surface area contributed by atoms with Crippen LogP contribution in [0.3, 0.4) is 0 Å². The van der Waals surface area contributed by atoms with E-state index in [0.717, 1.165) is 6.42 Å². The van der Waals surface area contributed by atoms with E-state index in [1.54, 1.807) is 7.05 Å². The van der Waals surface area contributed by atoms with Crippen LogP contribution in [0, 0.1) is 11.8 Å². The molecule has 1 fully saturated rings. The van der Waals surface area contributed by atoms with Crippen LogP contribution >= 0.6 is 0 Å². The van der Waals surface area contributed by atoms with Gasteiger partial charge in [-0.1, -0.05) is 13.8 Å². The fourth-order valence-electron chi connectivity index (χ4n) is 2.59. The SMILES string of the molecule is CC(C)CC(C)N(C)S(=O)(=O)N1CCCC(C(=O)O)C1. The van der Waals surface area contributed by atoms with E-state index in [0.29, 0.717) is 25.3 Å². The Bertz CT molecular complexity index is 436. The third kappa shape index (κ3) is 4.17. The summed E-state index contributed by atoms with van der Waals surface area (Å²) in [5.41, 5.74) is 0. The summed E-state index contributed by atoms with van der Waals surface area (Å²) in [6.45, 7) is 6.48. The smallest absolute Gasteiger partial charge is 0.307 e. The molecule has 1 saturated heterocycles. The van der Waals surface area contributed by atoms with E-state index >= 15 is 0 Å². The van der Waals surface area contributed by atoms with Crippen LogP contribution in [0.15, 0.2) is 0 Å². The molecule has 0 spiro atoms. The van der Waals surface area contributed by atoms with E-state index < -0.39 is 22.1 Å². The number of carboxylic acids is 1. The first kappa shape index (κ1) is 17.4. The minimum atomic E-state index is -3.57. The van der Waals surface area contributed by atoms with Crippen LogP contribution in [0.5, 0.6) is 0 Å². The lowest BCUT2D eigenvalue weighted by atomic mass is 10.0. The molecule has 0 aromatic carbocycles. The summed E-state index contributed by atoms with van der Waals surface area (Å²) in [7, 11) is -1.99. The Kier molecular flexibility index (Phi) is 5.97. The molecule has 0 aromatic rings. The van der Waals surface area contributed by atoms with Gasteiger partial charge in [0, 0.05) is 26.2 Å². The lowest BCUT2D eigenvalue weighted by molar-refractivity contribution is -0.142. The Morgan fingerprint density at radius 3 is 2.50 bits per heavy atom. The van der Waals surface area contributed by atoms with E-state index in [4.69, 9.17) is 5.11 Å². The molecular formula is C13H26N2O4S. The average Bonchev–Trinajstić information content (AvgIpc) is 2.37. The zero-order valence-corrected chi connectivity index (χ0v) is 13.6. The zero-order valence-electron chi connectivity index (χ0n) is 12.7. The van der Waals surface area contributed by atoms with Gasteiger partial charge in [-0.2, -0.15) is 17.0 Å². The van der Waals surface area contributed by atoms with E-state index in [-0.39, 0.29) is 12.6 Å². The number of carbonyl (C=O) groups is 1. The fraction of sp³-hybridized carbons (Fsp3) is 0.923. The van der Waals surface area contributed by atoms with Crippen molar-refractivity contribution in [2.24, 2.45) is 11.8 Å². The van der Waals surface area contributed by atoms with Crippen molar-refractivity contribution >= 4 is 16.2 Å². The molecule has 1 aliphatic heterocycles. The third-order valence-corrected chi connectivity index (χ3v) is 5.93. The van der Waals surface area contributed by atoms with E-state index in [9.17, 15) is 13.2 Å².